The maximum absolute atomic E-state index is 10.4. The van der Waals surface area contributed by atoms with E-state index in [0.717, 1.165) is 0 Å². The summed E-state index contributed by atoms with van der Waals surface area (Å²) in [4.78, 5) is 34.9. The number of non-ortho nitro benzene ring substituents is 1. The van der Waals surface area contributed by atoms with Gasteiger partial charge in [-0.15, -0.1) is 0 Å². The molecular formula is C10H9ClN8O7. The third-order valence-corrected chi connectivity index (χ3v) is 2.97. The van der Waals surface area contributed by atoms with Crippen molar-refractivity contribution in [3.8, 4) is 5.75 Å². The molecule has 1 aromatic carbocycles. The molecule has 0 spiro atoms. The minimum absolute atomic E-state index is 0.0272. The molecule has 15 nitrogen and oxygen atoms in total. The molecule has 1 heterocycles. The molecule has 0 fully saturated rings. The molecule has 0 amide bonds. The largest absolute Gasteiger partial charge is 0.497 e. The van der Waals surface area contributed by atoms with Gasteiger partial charge in [0.25, 0.3) is 11.4 Å². The Bertz CT molecular complexity index is 847. The fourth-order valence-corrected chi connectivity index (χ4v) is 1.56. The zero-order valence-electron chi connectivity index (χ0n) is 12.4. The summed E-state index contributed by atoms with van der Waals surface area (Å²) in [6.45, 7) is 0. The average Bonchev–Trinajstić information content (AvgIpc) is 2.52. The lowest BCUT2D eigenvalue weighted by atomic mass is 10.2. The molecule has 2 rings (SSSR count). The topological polar surface area (TPSA) is 253 Å². The maximum Gasteiger partial charge on any atom is 0.324 e. The normalized spacial score (nSPS) is 9.73. The van der Waals surface area contributed by atoms with Gasteiger partial charge in [0.15, 0.2) is 0 Å². The number of aromatic hydroxyl groups is 1. The number of nitro benzene ring substituents is 3. The van der Waals surface area contributed by atoms with E-state index in [1.165, 1.54) is 0 Å². The van der Waals surface area contributed by atoms with Crippen LogP contribution in [0, 0.1) is 30.3 Å². The summed E-state index contributed by atoms with van der Waals surface area (Å²) < 4.78 is 0. The minimum Gasteiger partial charge on any atom is -0.497 e. The quantitative estimate of drug-likeness (QED) is 0.423. The van der Waals surface area contributed by atoms with Crippen molar-refractivity contribution >= 4 is 46.2 Å². The van der Waals surface area contributed by atoms with E-state index >= 15 is 0 Å². The Balaban J connectivity index is 0.000000289. The predicted molar refractivity (Wildman–Crippen MR) is 88.3 cm³/mol. The molecule has 0 atom stereocenters. The number of rotatable bonds is 3. The van der Waals surface area contributed by atoms with Crippen LogP contribution in [0.25, 0.3) is 0 Å². The molecule has 0 radical (unpaired) electrons. The highest BCUT2D eigenvalue weighted by molar-refractivity contribution is 6.35. The predicted octanol–water partition coefficient (Wildman–Crippen LogP) is 0.993. The summed E-state index contributed by atoms with van der Waals surface area (Å²) in [5.74, 6) is -0.974. The van der Waals surface area contributed by atoms with Crippen LogP contribution in [0.2, 0.25) is 5.02 Å². The molecule has 0 aliphatic carbocycles. The Hall–Kier alpha value is -4.01. The number of hydrogen-bond donors (Lipinski definition) is 4. The molecule has 0 aliphatic heterocycles. The third kappa shape index (κ3) is 4.51. The summed E-state index contributed by atoms with van der Waals surface area (Å²) in [6, 6.07) is 0.894. The molecule has 0 unspecified atom stereocenters. The lowest BCUT2D eigenvalue weighted by Crippen LogP contribution is -2.03. The number of halogens is 1. The number of nitro groups is 3. The average molecular weight is 389 g/mol. The summed E-state index contributed by atoms with van der Waals surface area (Å²) in [5, 5.41) is 40.4. The van der Waals surface area contributed by atoms with Crippen LogP contribution in [0.3, 0.4) is 0 Å². The molecule has 0 aliphatic rings. The highest BCUT2D eigenvalue weighted by Crippen LogP contribution is 2.38. The number of nitrogens with zero attached hydrogens (tertiary/aromatic N) is 5. The van der Waals surface area contributed by atoms with Crippen LogP contribution in [0.15, 0.2) is 12.1 Å². The van der Waals surface area contributed by atoms with Crippen molar-refractivity contribution in [3.63, 3.8) is 0 Å². The second kappa shape index (κ2) is 7.71. The first-order valence-corrected chi connectivity index (χ1v) is 6.47. The lowest BCUT2D eigenvalue weighted by molar-refractivity contribution is -0.404. The number of nitrogen functional groups attached to an aromatic ring is 3. The number of anilines is 3. The zero-order valence-corrected chi connectivity index (χ0v) is 13.2. The molecule has 16 heteroatoms. The molecule has 26 heavy (non-hydrogen) atoms. The van der Waals surface area contributed by atoms with Gasteiger partial charge in [-0.1, -0.05) is 11.6 Å². The van der Waals surface area contributed by atoms with Crippen molar-refractivity contribution in [1.82, 2.24) is 9.97 Å². The number of benzene rings is 1. The van der Waals surface area contributed by atoms with Gasteiger partial charge in [0.2, 0.25) is 5.95 Å². The van der Waals surface area contributed by atoms with E-state index in [1.807, 2.05) is 0 Å². The van der Waals surface area contributed by atoms with Crippen LogP contribution in [-0.2, 0) is 0 Å². The number of hydrogen-bond acceptors (Lipinski definition) is 12. The Morgan fingerprint density at radius 2 is 1.27 bits per heavy atom. The SMILES string of the molecule is Nc1nc(N)c(Cl)c(N)n1.O=[N+]([O-])c1cc([N+](=O)[O-])c(O)c([N+](=O)[O-])c1. The van der Waals surface area contributed by atoms with Crippen molar-refractivity contribution in [2.24, 2.45) is 0 Å². The van der Waals surface area contributed by atoms with E-state index in [0.29, 0.717) is 12.1 Å². The van der Waals surface area contributed by atoms with Gasteiger partial charge in [-0.05, 0) is 0 Å². The highest BCUT2D eigenvalue weighted by atomic mass is 35.5. The monoisotopic (exact) mass is 388 g/mol. The lowest BCUT2D eigenvalue weighted by Gasteiger charge is -1.99. The first kappa shape index (κ1) is 20.0. The van der Waals surface area contributed by atoms with Crippen molar-refractivity contribution < 1.29 is 19.9 Å². The number of phenolic OH excluding ortho intramolecular Hbond substituents is 1. The Morgan fingerprint density at radius 3 is 1.58 bits per heavy atom. The summed E-state index contributed by atoms with van der Waals surface area (Å²) in [5.41, 5.74) is 12.7. The second-order valence-corrected chi connectivity index (χ2v) is 4.65. The molecule has 0 saturated heterocycles. The smallest absolute Gasteiger partial charge is 0.324 e. The number of nitrogens with two attached hydrogens (primary N) is 3. The van der Waals surface area contributed by atoms with E-state index in [9.17, 15) is 30.3 Å². The van der Waals surface area contributed by atoms with Gasteiger partial charge in [0.05, 0.1) is 26.9 Å². The van der Waals surface area contributed by atoms with Gasteiger partial charge >= 0.3 is 11.4 Å². The van der Waals surface area contributed by atoms with Crippen LogP contribution >= 0.6 is 11.6 Å². The molecular weight excluding hydrogens is 380 g/mol. The van der Waals surface area contributed by atoms with Crippen molar-refractivity contribution in [3.05, 3.63) is 47.5 Å². The van der Waals surface area contributed by atoms with Gasteiger partial charge in [-0.25, -0.2) is 0 Å². The standard InChI is InChI=1S/C6H3N3O7.C4H6ClN5/c10-6-4(8(13)14)1-3(7(11)12)2-5(6)9(15)16;5-1-2(6)9-4(8)10-3(1)7/h1-2,10H;(H6,6,7,8,9,10). The van der Waals surface area contributed by atoms with E-state index in [4.69, 9.17) is 33.9 Å². The fraction of sp³-hybridized carbons (Fsp3) is 0. The minimum atomic E-state index is -1.21. The molecule has 138 valence electrons. The van der Waals surface area contributed by atoms with Crippen LogP contribution in [0.4, 0.5) is 34.6 Å². The Morgan fingerprint density at radius 1 is 0.885 bits per heavy atom. The van der Waals surface area contributed by atoms with Crippen LogP contribution < -0.4 is 17.2 Å². The highest BCUT2D eigenvalue weighted by Gasteiger charge is 2.30. The molecule has 0 saturated carbocycles. The number of phenols is 1. The first-order valence-electron chi connectivity index (χ1n) is 6.09. The van der Waals surface area contributed by atoms with Gasteiger partial charge in [0.1, 0.15) is 16.7 Å². The Kier molecular flexibility index (Phi) is 5.94. The summed E-state index contributed by atoms with van der Waals surface area (Å²) >= 11 is 5.52. The van der Waals surface area contributed by atoms with Gasteiger partial charge < -0.3 is 22.3 Å². The molecule has 2 aromatic rings. The van der Waals surface area contributed by atoms with Gasteiger partial charge in [-0.2, -0.15) is 9.97 Å². The summed E-state index contributed by atoms with van der Waals surface area (Å²) in [6.07, 6.45) is 0. The first-order chi connectivity index (χ1) is 12.0. The fourth-order valence-electron chi connectivity index (χ4n) is 1.47. The summed E-state index contributed by atoms with van der Waals surface area (Å²) in [7, 11) is 0. The second-order valence-electron chi connectivity index (χ2n) is 4.27. The van der Waals surface area contributed by atoms with E-state index in [1.54, 1.807) is 0 Å². The number of aromatic nitrogens is 2. The molecule has 0 bridgehead atoms. The van der Waals surface area contributed by atoms with Crippen LogP contribution in [0.5, 0.6) is 5.75 Å². The van der Waals surface area contributed by atoms with Gasteiger partial charge in [-0.3, -0.25) is 30.3 Å². The zero-order chi connectivity index (χ0) is 20.2. The Labute approximate surface area is 147 Å². The van der Waals surface area contributed by atoms with Crippen LogP contribution in [0.1, 0.15) is 0 Å². The molecule has 1 aromatic heterocycles. The van der Waals surface area contributed by atoms with Gasteiger partial charge in [0, 0.05) is 0 Å². The van der Waals surface area contributed by atoms with Crippen molar-refractivity contribution in [1.29, 1.82) is 0 Å². The van der Waals surface area contributed by atoms with E-state index in [2.05, 4.69) is 9.97 Å². The van der Waals surface area contributed by atoms with Crippen molar-refractivity contribution in [2.45, 2.75) is 0 Å². The van der Waals surface area contributed by atoms with E-state index < -0.39 is 37.6 Å². The van der Waals surface area contributed by atoms with Crippen LogP contribution in [-0.4, -0.2) is 29.8 Å². The van der Waals surface area contributed by atoms with Crippen molar-refractivity contribution in [2.75, 3.05) is 17.2 Å². The third-order valence-electron chi connectivity index (χ3n) is 2.58. The molecule has 7 N–H and O–H groups in total. The van der Waals surface area contributed by atoms with E-state index in [-0.39, 0.29) is 22.6 Å². The maximum atomic E-state index is 10.4.